The molecule has 1 aliphatic rings. The Morgan fingerprint density at radius 3 is 1.49 bits per heavy atom. The maximum atomic E-state index is 12.7. The SMILES string of the molecule is CCC/C=C\CCCCCCCC(=O)OC(COCCCCCCCCCCCCCC/C=C\CCCCCCCCCC)COC1OC(CO)C(O)C(O)C1O. The molecule has 9 nitrogen and oxygen atoms in total. The quantitative estimate of drug-likeness (QED) is 0.0270. The van der Waals surface area contributed by atoms with Gasteiger partial charge in [-0.3, -0.25) is 4.79 Å². The van der Waals surface area contributed by atoms with Crippen molar-refractivity contribution in [1.82, 2.24) is 0 Å². The highest BCUT2D eigenvalue weighted by Crippen LogP contribution is 2.23. The Hall–Kier alpha value is -1.33. The molecule has 1 heterocycles. The number of rotatable bonds is 41. The summed E-state index contributed by atoms with van der Waals surface area (Å²) in [5.74, 6) is -0.323. The molecular weight excluding hydrogens is 721 g/mol. The molecule has 1 aliphatic heterocycles. The summed E-state index contributed by atoms with van der Waals surface area (Å²) in [6.45, 7) is 4.50. The van der Waals surface area contributed by atoms with Crippen molar-refractivity contribution in [3.8, 4) is 0 Å². The van der Waals surface area contributed by atoms with Gasteiger partial charge in [-0.2, -0.15) is 0 Å². The molecule has 6 unspecified atom stereocenters. The summed E-state index contributed by atoms with van der Waals surface area (Å²) in [5.41, 5.74) is 0. The second kappa shape index (κ2) is 40.1. The molecule has 0 aliphatic carbocycles. The van der Waals surface area contributed by atoms with E-state index in [1.807, 2.05) is 0 Å². The van der Waals surface area contributed by atoms with Gasteiger partial charge in [-0.05, 0) is 57.8 Å². The third kappa shape index (κ3) is 31.2. The van der Waals surface area contributed by atoms with Crippen LogP contribution in [0.5, 0.6) is 0 Å². The van der Waals surface area contributed by atoms with Crippen LogP contribution in [0, 0.1) is 0 Å². The standard InChI is InChI=1S/C48H90O9/c1-3-5-7-9-11-13-15-16-17-18-19-20-21-22-23-24-25-26-27-28-30-32-34-36-38-54-40-42(41-55-48-47(53)46(52)45(51)43(39-49)57-48)56-44(50)37-35-33-31-29-14-12-10-8-6-4-2/h8,10,18-19,42-43,45-49,51-53H,3-7,9,11-17,20-41H2,1-2H3/b10-8-,19-18-. The van der Waals surface area contributed by atoms with E-state index in [-0.39, 0.29) is 19.2 Å². The van der Waals surface area contributed by atoms with Gasteiger partial charge >= 0.3 is 5.97 Å². The van der Waals surface area contributed by atoms with Crippen molar-refractivity contribution in [2.45, 2.75) is 250 Å². The molecule has 4 N–H and O–H groups in total. The molecule has 336 valence electrons. The van der Waals surface area contributed by atoms with Gasteiger partial charge in [0, 0.05) is 13.0 Å². The van der Waals surface area contributed by atoms with Gasteiger partial charge < -0.3 is 39.4 Å². The highest BCUT2D eigenvalue weighted by atomic mass is 16.7. The van der Waals surface area contributed by atoms with E-state index in [0.29, 0.717) is 13.0 Å². The molecule has 0 bridgehead atoms. The number of allylic oxidation sites excluding steroid dienone is 4. The Kier molecular flexibility index (Phi) is 37.8. The molecule has 57 heavy (non-hydrogen) atoms. The minimum absolute atomic E-state index is 0.114. The fourth-order valence-corrected chi connectivity index (χ4v) is 7.31. The predicted octanol–water partition coefficient (Wildman–Crippen LogP) is 11.0. The molecule has 1 fully saturated rings. The van der Waals surface area contributed by atoms with Gasteiger partial charge in [0.15, 0.2) is 6.29 Å². The number of aliphatic hydroxyl groups is 4. The van der Waals surface area contributed by atoms with Gasteiger partial charge in [-0.1, -0.05) is 173 Å². The second-order valence-corrected chi connectivity index (χ2v) is 16.6. The van der Waals surface area contributed by atoms with Crippen molar-refractivity contribution in [3.63, 3.8) is 0 Å². The third-order valence-electron chi connectivity index (χ3n) is 11.1. The van der Waals surface area contributed by atoms with E-state index in [2.05, 4.69) is 38.2 Å². The molecule has 0 radical (unpaired) electrons. The predicted molar refractivity (Wildman–Crippen MR) is 233 cm³/mol. The lowest BCUT2D eigenvalue weighted by Crippen LogP contribution is -2.59. The van der Waals surface area contributed by atoms with Crippen LogP contribution in [0.1, 0.15) is 213 Å². The molecule has 1 saturated heterocycles. The zero-order chi connectivity index (χ0) is 41.4. The first-order valence-corrected chi connectivity index (χ1v) is 23.9. The van der Waals surface area contributed by atoms with Crippen LogP contribution in [0.3, 0.4) is 0 Å². The summed E-state index contributed by atoms with van der Waals surface area (Å²) >= 11 is 0. The lowest BCUT2D eigenvalue weighted by atomic mass is 9.99. The minimum atomic E-state index is -1.53. The Morgan fingerprint density at radius 2 is 1.00 bits per heavy atom. The van der Waals surface area contributed by atoms with E-state index in [4.69, 9.17) is 18.9 Å². The number of esters is 1. The summed E-state index contributed by atoms with van der Waals surface area (Å²) < 4.78 is 22.8. The lowest BCUT2D eigenvalue weighted by Gasteiger charge is -2.39. The van der Waals surface area contributed by atoms with E-state index in [1.165, 1.54) is 135 Å². The summed E-state index contributed by atoms with van der Waals surface area (Å²) in [7, 11) is 0. The van der Waals surface area contributed by atoms with Crippen molar-refractivity contribution < 1.29 is 44.2 Å². The zero-order valence-corrected chi connectivity index (χ0v) is 36.9. The maximum absolute atomic E-state index is 12.7. The summed E-state index contributed by atoms with van der Waals surface area (Å²) in [6, 6.07) is 0. The van der Waals surface area contributed by atoms with Crippen LogP contribution in [-0.4, -0.2) is 89.6 Å². The summed E-state index contributed by atoms with van der Waals surface area (Å²) in [4.78, 5) is 12.7. The van der Waals surface area contributed by atoms with Crippen molar-refractivity contribution >= 4 is 5.97 Å². The molecule has 1 rings (SSSR count). The van der Waals surface area contributed by atoms with Gasteiger partial charge in [0.05, 0.1) is 19.8 Å². The first-order chi connectivity index (χ1) is 27.9. The smallest absolute Gasteiger partial charge is 0.306 e. The van der Waals surface area contributed by atoms with E-state index in [9.17, 15) is 25.2 Å². The topological polar surface area (TPSA) is 135 Å². The number of hydrogen-bond acceptors (Lipinski definition) is 9. The average molecular weight is 811 g/mol. The molecule has 0 aromatic heterocycles. The molecule has 9 heteroatoms. The Labute approximate surface area is 349 Å². The van der Waals surface area contributed by atoms with Crippen molar-refractivity contribution in [3.05, 3.63) is 24.3 Å². The number of ether oxygens (including phenoxy) is 4. The maximum Gasteiger partial charge on any atom is 0.306 e. The van der Waals surface area contributed by atoms with Crippen LogP contribution in [0.4, 0.5) is 0 Å². The van der Waals surface area contributed by atoms with Gasteiger partial charge in [-0.25, -0.2) is 0 Å². The van der Waals surface area contributed by atoms with Crippen LogP contribution in [-0.2, 0) is 23.7 Å². The van der Waals surface area contributed by atoms with E-state index in [0.717, 1.165) is 57.8 Å². The van der Waals surface area contributed by atoms with Crippen molar-refractivity contribution in [1.29, 1.82) is 0 Å². The first-order valence-electron chi connectivity index (χ1n) is 23.9. The zero-order valence-electron chi connectivity index (χ0n) is 36.9. The second-order valence-electron chi connectivity index (χ2n) is 16.6. The minimum Gasteiger partial charge on any atom is -0.457 e. The van der Waals surface area contributed by atoms with Crippen LogP contribution in [0.2, 0.25) is 0 Å². The van der Waals surface area contributed by atoms with Gasteiger partial charge in [0.1, 0.15) is 30.5 Å². The summed E-state index contributed by atoms with van der Waals surface area (Å²) in [5, 5.41) is 40.1. The van der Waals surface area contributed by atoms with E-state index < -0.39 is 43.4 Å². The monoisotopic (exact) mass is 811 g/mol. The molecule has 0 saturated carbocycles. The number of carbonyl (C=O) groups excluding carboxylic acids is 1. The van der Waals surface area contributed by atoms with Gasteiger partial charge in [0.2, 0.25) is 0 Å². The number of carbonyl (C=O) groups is 1. The van der Waals surface area contributed by atoms with E-state index >= 15 is 0 Å². The molecule has 0 amide bonds. The average Bonchev–Trinajstić information content (AvgIpc) is 3.21. The fourth-order valence-electron chi connectivity index (χ4n) is 7.31. The van der Waals surface area contributed by atoms with E-state index in [1.54, 1.807) is 0 Å². The van der Waals surface area contributed by atoms with Crippen molar-refractivity contribution in [2.24, 2.45) is 0 Å². The Morgan fingerprint density at radius 1 is 0.544 bits per heavy atom. The lowest BCUT2D eigenvalue weighted by molar-refractivity contribution is -0.305. The van der Waals surface area contributed by atoms with Crippen LogP contribution in [0.25, 0.3) is 0 Å². The summed E-state index contributed by atoms with van der Waals surface area (Å²) in [6.07, 6.45) is 39.4. The molecular formula is C48H90O9. The molecule has 0 spiro atoms. The van der Waals surface area contributed by atoms with Gasteiger partial charge in [-0.15, -0.1) is 0 Å². The fraction of sp³-hybridized carbons (Fsp3) is 0.896. The normalized spacial score (nSPS) is 20.6. The Bertz CT molecular complexity index is 926. The first kappa shape index (κ1) is 53.7. The van der Waals surface area contributed by atoms with Gasteiger partial charge in [0.25, 0.3) is 0 Å². The largest absolute Gasteiger partial charge is 0.457 e. The molecule has 6 atom stereocenters. The number of unbranched alkanes of at least 4 members (excludes halogenated alkanes) is 26. The van der Waals surface area contributed by atoms with Crippen LogP contribution >= 0.6 is 0 Å². The Balaban J connectivity index is 2.15. The molecule has 0 aromatic rings. The van der Waals surface area contributed by atoms with Crippen LogP contribution < -0.4 is 0 Å². The number of aliphatic hydroxyl groups excluding tert-OH is 4. The molecule has 0 aromatic carbocycles. The van der Waals surface area contributed by atoms with Crippen molar-refractivity contribution in [2.75, 3.05) is 26.4 Å². The highest BCUT2D eigenvalue weighted by molar-refractivity contribution is 5.69. The highest BCUT2D eigenvalue weighted by Gasteiger charge is 2.44. The van der Waals surface area contributed by atoms with Crippen LogP contribution in [0.15, 0.2) is 24.3 Å². The third-order valence-corrected chi connectivity index (χ3v) is 11.1. The number of hydrogen-bond donors (Lipinski definition) is 4.